The maximum absolute atomic E-state index is 10.5. The summed E-state index contributed by atoms with van der Waals surface area (Å²) >= 11 is 0. The molecule has 2 rings (SSSR count). The van der Waals surface area contributed by atoms with Gasteiger partial charge in [0.1, 0.15) is 6.10 Å². The Labute approximate surface area is 120 Å². The highest BCUT2D eigenvalue weighted by atomic mass is 16.3. The number of hydrogen-bond acceptors (Lipinski definition) is 3. The van der Waals surface area contributed by atoms with Gasteiger partial charge in [-0.15, -0.1) is 0 Å². The van der Waals surface area contributed by atoms with Crippen LogP contribution in [0.1, 0.15) is 49.7 Å². The molecule has 5 heteroatoms. The average molecular weight is 276 g/mol. The summed E-state index contributed by atoms with van der Waals surface area (Å²) < 4.78 is 3.75. The van der Waals surface area contributed by atoms with Gasteiger partial charge in [0.15, 0.2) is 0 Å². The minimum atomic E-state index is -0.542. The first-order valence-corrected chi connectivity index (χ1v) is 7.35. The van der Waals surface area contributed by atoms with Gasteiger partial charge < -0.3 is 5.11 Å². The van der Waals surface area contributed by atoms with Crippen molar-refractivity contribution in [3.8, 4) is 0 Å². The van der Waals surface area contributed by atoms with Crippen molar-refractivity contribution in [2.24, 2.45) is 7.05 Å². The number of aryl methyl sites for hydroxylation is 4. The molecule has 0 aliphatic rings. The molecule has 0 amide bonds. The van der Waals surface area contributed by atoms with Gasteiger partial charge in [-0.25, -0.2) is 0 Å². The molecule has 1 N–H and O–H groups in total. The van der Waals surface area contributed by atoms with Crippen LogP contribution >= 0.6 is 0 Å². The molecule has 110 valence electrons. The second-order valence-corrected chi connectivity index (χ2v) is 5.05. The molecule has 20 heavy (non-hydrogen) atoms. The fourth-order valence-electron chi connectivity index (χ4n) is 2.46. The van der Waals surface area contributed by atoms with Crippen LogP contribution in [0, 0.1) is 0 Å². The molecule has 0 aromatic carbocycles. The summed E-state index contributed by atoms with van der Waals surface area (Å²) in [6.45, 7) is 7.06. The van der Waals surface area contributed by atoms with Gasteiger partial charge in [-0.05, 0) is 31.9 Å². The molecule has 1 atom stereocenters. The molecule has 2 heterocycles. The summed E-state index contributed by atoms with van der Waals surface area (Å²) in [5, 5.41) is 19.4. The second-order valence-electron chi connectivity index (χ2n) is 5.05. The minimum Gasteiger partial charge on any atom is -0.386 e. The highest BCUT2D eigenvalue weighted by Crippen LogP contribution is 2.20. The van der Waals surface area contributed by atoms with Crippen molar-refractivity contribution in [1.29, 1.82) is 0 Å². The highest BCUT2D eigenvalue weighted by Gasteiger charge is 2.17. The lowest BCUT2D eigenvalue weighted by Gasteiger charge is -2.11. The van der Waals surface area contributed by atoms with Crippen LogP contribution < -0.4 is 0 Å². The summed E-state index contributed by atoms with van der Waals surface area (Å²) in [5.41, 5.74) is 4.04. The third-order valence-corrected chi connectivity index (χ3v) is 3.65. The maximum Gasteiger partial charge on any atom is 0.101 e. The van der Waals surface area contributed by atoms with Gasteiger partial charge in [0.25, 0.3) is 0 Å². The van der Waals surface area contributed by atoms with Crippen LogP contribution in [0.25, 0.3) is 0 Å². The van der Waals surface area contributed by atoms with Crippen LogP contribution in [0.4, 0.5) is 0 Å². The van der Waals surface area contributed by atoms with Crippen LogP contribution in [0.2, 0.25) is 0 Å². The summed E-state index contributed by atoms with van der Waals surface area (Å²) in [7, 11) is 1.88. The Bertz CT molecular complexity index is 570. The van der Waals surface area contributed by atoms with Crippen LogP contribution in [-0.2, 0) is 32.9 Å². The van der Waals surface area contributed by atoms with E-state index >= 15 is 0 Å². The van der Waals surface area contributed by atoms with E-state index in [4.69, 9.17) is 0 Å². The highest BCUT2D eigenvalue weighted by molar-refractivity contribution is 5.17. The van der Waals surface area contributed by atoms with Crippen LogP contribution in [0.3, 0.4) is 0 Å². The van der Waals surface area contributed by atoms with Crippen molar-refractivity contribution in [3.05, 3.63) is 34.9 Å². The molecular formula is C15H24N4O. The topological polar surface area (TPSA) is 55.9 Å². The Kier molecular flexibility index (Phi) is 4.60. The van der Waals surface area contributed by atoms with E-state index in [2.05, 4.69) is 37.0 Å². The van der Waals surface area contributed by atoms with Gasteiger partial charge in [-0.3, -0.25) is 9.36 Å². The number of rotatable bonds is 6. The monoisotopic (exact) mass is 276 g/mol. The first kappa shape index (κ1) is 14.8. The van der Waals surface area contributed by atoms with Crippen molar-refractivity contribution >= 4 is 0 Å². The minimum absolute atomic E-state index is 0.542. The molecule has 5 nitrogen and oxygen atoms in total. The van der Waals surface area contributed by atoms with Crippen molar-refractivity contribution in [1.82, 2.24) is 19.6 Å². The molecular weight excluding hydrogens is 252 g/mol. The van der Waals surface area contributed by atoms with Crippen molar-refractivity contribution in [3.63, 3.8) is 0 Å². The summed E-state index contributed by atoms with van der Waals surface area (Å²) in [6, 6.07) is 4.07. The van der Waals surface area contributed by atoms with E-state index in [0.29, 0.717) is 6.42 Å². The Morgan fingerprint density at radius 3 is 2.30 bits per heavy atom. The number of hydrogen-bond donors (Lipinski definition) is 1. The fraction of sp³-hybridized carbons (Fsp3) is 0.600. The first-order chi connectivity index (χ1) is 9.58. The SMILES string of the molecule is CCc1cc(C(O)Cc2cc(CC)nn2CC)n(C)n1. The predicted octanol–water partition coefficient (Wildman–Crippen LogP) is 2.04. The summed E-state index contributed by atoms with van der Waals surface area (Å²) in [4.78, 5) is 0. The fourth-order valence-corrected chi connectivity index (χ4v) is 2.46. The zero-order valence-electron chi connectivity index (χ0n) is 12.8. The second kappa shape index (κ2) is 6.22. The van der Waals surface area contributed by atoms with E-state index < -0.39 is 6.10 Å². The molecule has 0 saturated carbocycles. The van der Waals surface area contributed by atoms with E-state index in [1.807, 2.05) is 17.8 Å². The van der Waals surface area contributed by atoms with E-state index in [-0.39, 0.29) is 0 Å². The van der Waals surface area contributed by atoms with Crippen molar-refractivity contribution in [2.45, 2.75) is 52.7 Å². The number of aliphatic hydroxyl groups excluding tert-OH is 1. The zero-order chi connectivity index (χ0) is 14.7. The lowest BCUT2D eigenvalue weighted by Crippen LogP contribution is -2.11. The molecule has 0 spiro atoms. The number of aromatic nitrogens is 4. The lowest BCUT2D eigenvalue weighted by atomic mass is 10.1. The molecule has 0 radical (unpaired) electrons. The number of nitrogens with zero attached hydrogens (tertiary/aromatic N) is 4. The Morgan fingerprint density at radius 2 is 1.75 bits per heavy atom. The molecule has 2 aromatic heterocycles. The smallest absolute Gasteiger partial charge is 0.101 e. The van der Waals surface area contributed by atoms with Crippen molar-refractivity contribution < 1.29 is 5.11 Å². The quantitative estimate of drug-likeness (QED) is 0.878. The van der Waals surface area contributed by atoms with Gasteiger partial charge >= 0.3 is 0 Å². The third-order valence-electron chi connectivity index (χ3n) is 3.65. The van der Waals surface area contributed by atoms with Crippen LogP contribution in [0.15, 0.2) is 12.1 Å². The van der Waals surface area contributed by atoms with E-state index in [1.54, 1.807) is 4.68 Å². The van der Waals surface area contributed by atoms with E-state index in [0.717, 1.165) is 42.2 Å². The predicted molar refractivity (Wildman–Crippen MR) is 78.5 cm³/mol. The first-order valence-electron chi connectivity index (χ1n) is 7.35. The Hall–Kier alpha value is -1.62. The van der Waals surface area contributed by atoms with Gasteiger partial charge in [-0.2, -0.15) is 10.2 Å². The normalized spacial score (nSPS) is 12.8. The van der Waals surface area contributed by atoms with Gasteiger partial charge in [0, 0.05) is 25.7 Å². The van der Waals surface area contributed by atoms with Crippen molar-refractivity contribution in [2.75, 3.05) is 0 Å². The standard InChI is InChI=1S/C15H24N4O/c1-5-11-8-13(19(7-3)17-11)10-15(20)14-9-12(6-2)16-18(14)4/h8-9,15,20H,5-7,10H2,1-4H3. The summed E-state index contributed by atoms with van der Waals surface area (Å²) in [5.74, 6) is 0. The Balaban J connectivity index is 2.20. The molecule has 0 bridgehead atoms. The molecule has 1 unspecified atom stereocenters. The van der Waals surface area contributed by atoms with Gasteiger partial charge in [-0.1, -0.05) is 13.8 Å². The Morgan fingerprint density at radius 1 is 1.10 bits per heavy atom. The molecule has 0 fully saturated rings. The third kappa shape index (κ3) is 2.93. The molecule has 0 aliphatic heterocycles. The van der Waals surface area contributed by atoms with Gasteiger partial charge in [0.2, 0.25) is 0 Å². The van der Waals surface area contributed by atoms with Gasteiger partial charge in [0.05, 0.1) is 17.1 Å². The van der Waals surface area contributed by atoms with Crippen LogP contribution in [0.5, 0.6) is 0 Å². The van der Waals surface area contributed by atoms with E-state index in [1.165, 1.54) is 0 Å². The zero-order valence-corrected chi connectivity index (χ0v) is 12.8. The average Bonchev–Trinajstić information content (AvgIpc) is 3.01. The maximum atomic E-state index is 10.5. The van der Waals surface area contributed by atoms with E-state index in [9.17, 15) is 5.11 Å². The van der Waals surface area contributed by atoms with Crippen LogP contribution in [-0.4, -0.2) is 24.7 Å². The molecule has 2 aromatic rings. The molecule has 0 aliphatic carbocycles. The summed E-state index contributed by atoms with van der Waals surface area (Å²) in [6.07, 6.45) is 1.83. The lowest BCUT2D eigenvalue weighted by molar-refractivity contribution is 0.165. The molecule has 0 saturated heterocycles. The number of aliphatic hydroxyl groups is 1. The largest absolute Gasteiger partial charge is 0.386 e.